The zero-order valence-electron chi connectivity index (χ0n) is 14.5. The number of benzene rings is 2. The van der Waals surface area contributed by atoms with Gasteiger partial charge in [-0.2, -0.15) is 15.4 Å². The van der Waals surface area contributed by atoms with Gasteiger partial charge in [0.25, 0.3) is 5.91 Å². The highest BCUT2D eigenvalue weighted by Gasteiger charge is 2.23. The van der Waals surface area contributed by atoms with Gasteiger partial charge in [-0.1, -0.05) is 0 Å². The van der Waals surface area contributed by atoms with Gasteiger partial charge in [-0.25, -0.2) is 9.97 Å². The molecule has 0 spiro atoms. The molecule has 0 saturated carbocycles. The maximum absolute atomic E-state index is 12.8. The van der Waals surface area contributed by atoms with Crippen LogP contribution in [0.2, 0.25) is 0 Å². The third-order valence-corrected chi connectivity index (χ3v) is 4.98. The Labute approximate surface area is 154 Å². The SMILES string of the molecule is O=C(c1ccc2n[nH]nc2c1)N1CCN(c2ccc3ncncc3c2)CC1. The Morgan fingerprint density at radius 2 is 1.74 bits per heavy atom. The van der Waals surface area contributed by atoms with E-state index >= 15 is 0 Å². The number of hydrogen-bond acceptors (Lipinski definition) is 6. The molecule has 8 heteroatoms. The molecular weight excluding hydrogens is 342 g/mol. The second kappa shape index (κ2) is 6.31. The van der Waals surface area contributed by atoms with Gasteiger partial charge in [0, 0.05) is 49.0 Å². The van der Waals surface area contributed by atoms with E-state index in [4.69, 9.17) is 0 Å². The zero-order valence-corrected chi connectivity index (χ0v) is 14.5. The van der Waals surface area contributed by atoms with Gasteiger partial charge in [0.05, 0.1) is 5.52 Å². The summed E-state index contributed by atoms with van der Waals surface area (Å²) in [5.74, 6) is 0.0338. The standard InChI is InChI=1S/C19H17N7O/c27-19(13-1-3-17-18(10-13)23-24-22-17)26-7-5-25(6-8-26)15-2-4-16-14(9-15)11-20-12-21-16/h1-4,9-12H,5-8H2,(H,22,23,24). The number of piperazine rings is 1. The van der Waals surface area contributed by atoms with Crippen LogP contribution >= 0.6 is 0 Å². The minimum absolute atomic E-state index is 0.0338. The van der Waals surface area contributed by atoms with Crippen molar-refractivity contribution >= 4 is 33.5 Å². The van der Waals surface area contributed by atoms with E-state index in [0.29, 0.717) is 24.2 Å². The molecule has 0 aliphatic carbocycles. The maximum atomic E-state index is 12.8. The molecule has 1 aliphatic heterocycles. The molecule has 8 nitrogen and oxygen atoms in total. The molecule has 4 aromatic rings. The summed E-state index contributed by atoms with van der Waals surface area (Å²) in [6.07, 6.45) is 3.38. The van der Waals surface area contributed by atoms with Gasteiger partial charge in [0.15, 0.2) is 0 Å². The molecule has 0 unspecified atom stereocenters. The van der Waals surface area contributed by atoms with E-state index in [1.165, 1.54) is 0 Å². The number of fused-ring (bicyclic) bond motifs is 2. The number of aromatic amines is 1. The van der Waals surface area contributed by atoms with Crippen molar-refractivity contribution in [2.24, 2.45) is 0 Å². The van der Waals surface area contributed by atoms with Crippen LogP contribution in [0.3, 0.4) is 0 Å². The van der Waals surface area contributed by atoms with E-state index in [0.717, 1.165) is 35.2 Å². The molecule has 0 atom stereocenters. The number of carbonyl (C=O) groups excluding carboxylic acids is 1. The first-order valence-corrected chi connectivity index (χ1v) is 8.82. The summed E-state index contributed by atoms with van der Waals surface area (Å²) in [5, 5.41) is 11.7. The highest BCUT2D eigenvalue weighted by molar-refractivity contribution is 5.97. The van der Waals surface area contributed by atoms with Crippen molar-refractivity contribution in [2.75, 3.05) is 31.1 Å². The second-order valence-corrected chi connectivity index (χ2v) is 6.57. The summed E-state index contributed by atoms with van der Waals surface area (Å²) in [7, 11) is 0. The van der Waals surface area contributed by atoms with Crippen molar-refractivity contribution in [2.45, 2.75) is 0 Å². The van der Waals surface area contributed by atoms with Crippen molar-refractivity contribution in [1.29, 1.82) is 0 Å². The van der Waals surface area contributed by atoms with Gasteiger partial charge >= 0.3 is 0 Å². The number of nitrogens with zero attached hydrogens (tertiary/aromatic N) is 6. The maximum Gasteiger partial charge on any atom is 0.254 e. The lowest BCUT2D eigenvalue weighted by molar-refractivity contribution is 0.0747. The largest absolute Gasteiger partial charge is 0.368 e. The van der Waals surface area contributed by atoms with Crippen LogP contribution in [0.5, 0.6) is 0 Å². The highest BCUT2D eigenvalue weighted by atomic mass is 16.2. The number of hydrogen-bond donors (Lipinski definition) is 1. The zero-order chi connectivity index (χ0) is 18.2. The molecule has 0 bridgehead atoms. The molecule has 0 radical (unpaired) electrons. The minimum atomic E-state index is 0.0338. The first kappa shape index (κ1) is 15.7. The molecule has 2 aromatic heterocycles. The Kier molecular flexibility index (Phi) is 3.67. The van der Waals surface area contributed by atoms with Gasteiger partial charge in [-0.3, -0.25) is 4.79 Å². The van der Waals surface area contributed by atoms with Crippen molar-refractivity contribution in [1.82, 2.24) is 30.3 Å². The van der Waals surface area contributed by atoms with Gasteiger partial charge in [0.1, 0.15) is 17.4 Å². The number of rotatable bonds is 2. The molecule has 2 aromatic carbocycles. The van der Waals surface area contributed by atoms with Crippen molar-refractivity contribution in [3.63, 3.8) is 0 Å². The van der Waals surface area contributed by atoms with E-state index in [-0.39, 0.29) is 5.91 Å². The quantitative estimate of drug-likeness (QED) is 0.587. The molecule has 27 heavy (non-hydrogen) atoms. The van der Waals surface area contributed by atoms with Crippen LogP contribution in [0.25, 0.3) is 21.9 Å². The Morgan fingerprint density at radius 1 is 0.926 bits per heavy atom. The molecular formula is C19H17N7O. The topological polar surface area (TPSA) is 90.9 Å². The van der Waals surface area contributed by atoms with Crippen LogP contribution in [-0.4, -0.2) is 62.4 Å². The van der Waals surface area contributed by atoms with Crippen LogP contribution in [0, 0.1) is 0 Å². The average Bonchev–Trinajstić information content (AvgIpc) is 3.21. The van der Waals surface area contributed by atoms with E-state index < -0.39 is 0 Å². The molecule has 3 heterocycles. The summed E-state index contributed by atoms with van der Waals surface area (Å²) in [4.78, 5) is 25.3. The summed E-state index contributed by atoms with van der Waals surface area (Å²) < 4.78 is 0. The van der Waals surface area contributed by atoms with Crippen LogP contribution in [-0.2, 0) is 0 Å². The lowest BCUT2D eigenvalue weighted by atomic mass is 10.1. The number of anilines is 1. The fourth-order valence-corrected chi connectivity index (χ4v) is 3.49. The number of amides is 1. The monoisotopic (exact) mass is 359 g/mol. The average molecular weight is 359 g/mol. The number of aromatic nitrogens is 5. The molecule has 1 amide bonds. The van der Waals surface area contributed by atoms with E-state index in [9.17, 15) is 4.79 Å². The van der Waals surface area contributed by atoms with E-state index in [1.54, 1.807) is 12.4 Å². The van der Waals surface area contributed by atoms with E-state index in [2.05, 4.69) is 42.4 Å². The van der Waals surface area contributed by atoms with Gasteiger partial charge in [-0.05, 0) is 36.4 Å². The fraction of sp³-hybridized carbons (Fsp3) is 0.211. The Morgan fingerprint density at radius 3 is 2.63 bits per heavy atom. The molecule has 1 aliphatic rings. The van der Waals surface area contributed by atoms with Crippen LogP contribution in [0.15, 0.2) is 48.9 Å². The summed E-state index contributed by atoms with van der Waals surface area (Å²) in [5.41, 5.74) is 4.18. The Balaban J connectivity index is 1.30. The first-order chi connectivity index (χ1) is 13.3. The summed E-state index contributed by atoms with van der Waals surface area (Å²) >= 11 is 0. The van der Waals surface area contributed by atoms with Crippen LogP contribution in [0.4, 0.5) is 5.69 Å². The van der Waals surface area contributed by atoms with Gasteiger partial charge < -0.3 is 9.80 Å². The number of nitrogens with one attached hydrogen (secondary N) is 1. The Bertz CT molecular complexity index is 1130. The highest BCUT2D eigenvalue weighted by Crippen LogP contribution is 2.22. The smallest absolute Gasteiger partial charge is 0.254 e. The second-order valence-electron chi connectivity index (χ2n) is 6.57. The van der Waals surface area contributed by atoms with E-state index in [1.807, 2.05) is 29.3 Å². The van der Waals surface area contributed by atoms with Crippen LogP contribution in [0.1, 0.15) is 10.4 Å². The minimum Gasteiger partial charge on any atom is -0.368 e. The lowest BCUT2D eigenvalue weighted by Crippen LogP contribution is -2.48. The molecule has 5 rings (SSSR count). The third kappa shape index (κ3) is 2.84. The first-order valence-electron chi connectivity index (χ1n) is 8.82. The molecule has 1 saturated heterocycles. The Hall–Kier alpha value is -3.55. The predicted octanol–water partition coefficient (Wildman–Crippen LogP) is 1.86. The van der Waals surface area contributed by atoms with Gasteiger partial charge in [0.2, 0.25) is 0 Å². The lowest BCUT2D eigenvalue weighted by Gasteiger charge is -2.36. The van der Waals surface area contributed by atoms with Crippen LogP contribution < -0.4 is 4.90 Å². The molecule has 1 N–H and O–H groups in total. The fourth-order valence-electron chi connectivity index (χ4n) is 3.49. The van der Waals surface area contributed by atoms with Crippen molar-refractivity contribution in [3.05, 3.63) is 54.5 Å². The normalized spacial score (nSPS) is 14.8. The summed E-state index contributed by atoms with van der Waals surface area (Å²) in [6.45, 7) is 2.94. The van der Waals surface area contributed by atoms with Crippen molar-refractivity contribution < 1.29 is 4.79 Å². The third-order valence-electron chi connectivity index (χ3n) is 4.98. The van der Waals surface area contributed by atoms with Gasteiger partial charge in [-0.15, -0.1) is 0 Å². The molecule has 134 valence electrons. The van der Waals surface area contributed by atoms with Crippen molar-refractivity contribution in [3.8, 4) is 0 Å². The number of carbonyl (C=O) groups is 1. The number of H-pyrrole nitrogens is 1. The summed E-state index contributed by atoms with van der Waals surface area (Å²) in [6, 6.07) is 11.6. The molecule has 1 fully saturated rings. The predicted molar refractivity (Wildman–Crippen MR) is 102 cm³/mol.